The van der Waals surface area contributed by atoms with Gasteiger partial charge in [-0.2, -0.15) is 0 Å². The largest absolute Gasteiger partial charge is 0.314 e. The first kappa shape index (κ1) is 8.55. The molecule has 0 heterocycles. The van der Waals surface area contributed by atoms with E-state index in [1.165, 1.54) is 19.3 Å². The molecular formula is C11H21N. The molecule has 0 aromatic rings. The first-order chi connectivity index (χ1) is 5.52. The average Bonchev–Trinajstić information content (AvgIpc) is 2.55. The Morgan fingerprint density at radius 1 is 1.08 bits per heavy atom. The maximum atomic E-state index is 3.56. The molecule has 0 radical (unpaired) electrons. The van der Waals surface area contributed by atoms with Crippen LogP contribution in [0.15, 0.2) is 0 Å². The van der Waals surface area contributed by atoms with Crippen LogP contribution in [0, 0.1) is 17.3 Å². The second-order valence-electron chi connectivity index (χ2n) is 5.38. The third kappa shape index (κ3) is 0.736. The topological polar surface area (TPSA) is 12.0 Å². The van der Waals surface area contributed by atoms with Gasteiger partial charge in [-0.25, -0.2) is 0 Å². The van der Waals surface area contributed by atoms with Gasteiger partial charge in [0.05, 0.1) is 0 Å². The van der Waals surface area contributed by atoms with Crippen LogP contribution < -0.4 is 5.32 Å². The molecule has 2 rings (SSSR count). The van der Waals surface area contributed by atoms with E-state index in [-0.39, 0.29) is 0 Å². The molecule has 0 amide bonds. The van der Waals surface area contributed by atoms with Crippen LogP contribution >= 0.6 is 0 Å². The highest BCUT2D eigenvalue weighted by atomic mass is 15.0. The van der Waals surface area contributed by atoms with Crippen LogP contribution in [0.4, 0.5) is 0 Å². The minimum absolute atomic E-state index is 0.399. The van der Waals surface area contributed by atoms with Gasteiger partial charge in [-0.05, 0) is 50.5 Å². The van der Waals surface area contributed by atoms with Crippen molar-refractivity contribution in [3.05, 3.63) is 0 Å². The standard InChI is InChI=1S/C11H21N/c1-10(2)8-5-6-9(7-8)11(10,3)12-4/h8-9,12H,5-7H2,1-4H3/t8-,9-,11-/m1/s1. The van der Waals surface area contributed by atoms with Crippen molar-refractivity contribution in [1.82, 2.24) is 5.32 Å². The smallest absolute Gasteiger partial charge is 0.0232 e. The Morgan fingerprint density at radius 2 is 1.67 bits per heavy atom. The van der Waals surface area contributed by atoms with Gasteiger partial charge in [0.15, 0.2) is 0 Å². The fraction of sp³-hybridized carbons (Fsp3) is 1.00. The fourth-order valence-electron chi connectivity index (χ4n) is 3.64. The zero-order chi connectivity index (χ0) is 8.98. The molecule has 2 bridgehead atoms. The van der Waals surface area contributed by atoms with Crippen molar-refractivity contribution in [1.29, 1.82) is 0 Å². The molecule has 0 aromatic carbocycles. The first-order valence-electron chi connectivity index (χ1n) is 5.21. The highest BCUT2D eigenvalue weighted by Gasteiger charge is 2.59. The van der Waals surface area contributed by atoms with Gasteiger partial charge in [-0.3, -0.25) is 0 Å². The van der Waals surface area contributed by atoms with Crippen molar-refractivity contribution in [2.75, 3.05) is 7.05 Å². The van der Waals surface area contributed by atoms with Gasteiger partial charge in [-0.1, -0.05) is 13.8 Å². The van der Waals surface area contributed by atoms with E-state index >= 15 is 0 Å². The number of hydrogen-bond acceptors (Lipinski definition) is 1. The Labute approximate surface area is 75.9 Å². The molecule has 12 heavy (non-hydrogen) atoms. The first-order valence-corrected chi connectivity index (χ1v) is 5.21. The van der Waals surface area contributed by atoms with Gasteiger partial charge in [0, 0.05) is 5.54 Å². The summed E-state index contributed by atoms with van der Waals surface area (Å²) >= 11 is 0. The molecule has 0 aromatic heterocycles. The summed E-state index contributed by atoms with van der Waals surface area (Å²) in [6.07, 6.45) is 4.38. The number of rotatable bonds is 1. The van der Waals surface area contributed by atoms with Crippen LogP contribution in [0.1, 0.15) is 40.0 Å². The van der Waals surface area contributed by atoms with E-state index < -0.39 is 0 Å². The van der Waals surface area contributed by atoms with Crippen LogP contribution in [0.2, 0.25) is 0 Å². The Hall–Kier alpha value is -0.0400. The Morgan fingerprint density at radius 3 is 2.00 bits per heavy atom. The van der Waals surface area contributed by atoms with Crippen LogP contribution in [0.25, 0.3) is 0 Å². The van der Waals surface area contributed by atoms with Gasteiger partial charge in [-0.15, -0.1) is 0 Å². The van der Waals surface area contributed by atoms with E-state index in [1.54, 1.807) is 0 Å². The van der Waals surface area contributed by atoms with Gasteiger partial charge in [0.25, 0.3) is 0 Å². The molecule has 3 atom stereocenters. The van der Waals surface area contributed by atoms with Gasteiger partial charge < -0.3 is 5.32 Å². The molecule has 0 spiro atoms. The Kier molecular flexibility index (Phi) is 1.61. The predicted octanol–water partition coefficient (Wildman–Crippen LogP) is 2.42. The lowest BCUT2D eigenvalue weighted by atomic mass is 9.64. The van der Waals surface area contributed by atoms with Gasteiger partial charge in [0.1, 0.15) is 0 Å². The molecule has 2 aliphatic carbocycles. The minimum atomic E-state index is 0.399. The monoisotopic (exact) mass is 167 g/mol. The van der Waals surface area contributed by atoms with Crippen molar-refractivity contribution in [2.45, 2.75) is 45.6 Å². The number of nitrogens with one attached hydrogen (secondary N) is 1. The third-order valence-electron chi connectivity index (χ3n) is 5.13. The highest BCUT2D eigenvalue weighted by Crippen LogP contribution is 2.60. The molecule has 0 aliphatic heterocycles. The van der Waals surface area contributed by atoms with Crippen molar-refractivity contribution in [3.8, 4) is 0 Å². The third-order valence-corrected chi connectivity index (χ3v) is 5.13. The molecular weight excluding hydrogens is 146 g/mol. The molecule has 1 N–H and O–H groups in total. The Balaban J connectivity index is 2.34. The van der Waals surface area contributed by atoms with E-state index in [9.17, 15) is 0 Å². The summed E-state index contributed by atoms with van der Waals surface area (Å²) in [6, 6.07) is 0. The van der Waals surface area contributed by atoms with Gasteiger partial charge >= 0.3 is 0 Å². The van der Waals surface area contributed by atoms with Crippen LogP contribution in [0.5, 0.6) is 0 Å². The summed E-state index contributed by atoms with van der Waals surface area (Å²) in [5.74, 6) is 1.91. The minimum Gasteiger partial charge on any atom is -0.314 e. The van der Waals surface area contributed by atoms with Crippen molar-refractivity contribution >= 4 is 0 Å². The summed E-state index contributed by atoms with van der Waals surface area (Å²) in [6.45, 7) is 7.29. The maximum Gasteiger partial charge on any atom is 0.0232 e. The van der Waals surface area contributed by atoms with Crippen LogP contribution in [-0.4, -0.2) is 12.6 Å². The SMILES string of the molecule is CN[C@]1(C)[C@@H]2CC[C@H](C2)C1(C)C. The molecule has 70 valence electrons. The van der Waals surface area contributed by atoms with Crippen molar-refractivity contribution in [3.63, 3.8) is 0 Å². The zero-order valence-electron chi connectivity index (χ0n) is 8.78. The van der Waals surface area contributed by atoms with Crippen molar-refractivity contribution < 1.29 is 0 Å². The summed E-state index contributed by atoms with van der Waals surface area (Å²) < 4.78 is 0. The zero-order valence-corrected chi connectivity index (χ0v) is 8.78. The van der Waals surface area contributed by atoms with E-state index in [0.717, 1.165) is 11.8 Å². The molecule has 0 unspecified atom stereocenters. The summed E-state index contributed by atoms with van der Waals surface area (Å²) in [5.41, 5.74) is 0.903. The number of hydrogen-bond donors (Lipinski definition) is 1. The van der Waals surface area contributed by atoms with Crippen LogP contribution in [0.3, 0.4) is 0 Å². The lowest BCUT2D eigenvalue weighted by Crippen LogP contribution is -2.55. The molecule has 2 saturated carbocycles. The molecule has 2 aliphatic rings. The average molecular weight is 167 g/mol. The van der Waals surface area contributed by atoms with E-state index in [2.05, 4.69) is 33.1 Å². The molecule has 2 fully saturated rings. The van der Waals surface area contributed by atoms with Gasteiger partial charge in [0.2, 0.25) is 0 Å². The second kappa shape index (κ2) is 2.25. The van der Waals surface area contributed by atoms with E-state index in [0.29, 0.717) is 11.0 Å². The lowest BCUT2D eigenvalue weighted by Gasteiger charge is -2.47. The number of fused-ring (bicyclic) bond motifs is 2. The van der Waals surface area contributed by atoms with Crippen LogP contribution in [-0.2, 0) is 0 Å². The lowest BCUT2D eigenvalue weighted by molar-refractivity contribution is 0.0732. The quantitative estimate of drug-likeness (QED) is 0.632. The predicted molar refractivity (Wildman–Crippen MR) is 52.1 cm³/mol. The maximum absolute atomic E-state index is 3.56. The summed E-state index contributed by atoms with van der Waals surface area (Å²) in [4.78, 5) is 0. The highest BCUT2D eigenvalue weighted by molar-refractivity contribution is 5.13. The second-order valence-corrected chi connectivity index (χ2v) is 5.38. The van der Waals surface area contributed by atoms with E-state index in [4.69, 9.17) is 0 Å². The molecule has 1 heteroatoms. The summed E-state index contributed by atoms with van der Waals surface area (Å²) in [7, 11) is 2.13. The Bertz CT molecular complexity index is 197. The molecule has 0 saturated heterocycles. The van der Waals surface area contributed by atoms with Crippen molar-refractivity contribution in [2.24, 2.45) is 17.3 Å². The fourth-order valence-corrected chi connectivity index (χ4v) is 3.64. The summed E-state index contributed by atoms with van der Waals surface area (Å²) in [5, 5.41) is 3.56. The van der Waals surface area contributed by atoms with E-state index in [1.807, 2.05) is 0 Å². The normalized spacial score (nSPS) is 50.0. The molecule has 1 nitrogen and oxygen atoms in total.